The Bertz CT molecular complexity index is 841. The summed E-state index contributed by atoms with van der Waals surface area (Å²) in [6.07, 6.45) is 0. The Balaban J connectivity index is 2.02. The standard InChI is InChI=1S/C23H33N5O/c1-7-24-23(26-16-20-12-13-21(27(3)4)14-17(20)2)25-15-18-8-10-19(11-9-18)22(29)28(5)6/h8-14H,7,15-16H2,1-6H3,(H2,24,25,26). The summed E-state index contributed by atoms with van der Waals surface area (Å²) in [7, 11) is 7.60. The third kappa shape index (κ3) is 6.52. The molecule has 0 heterocycles. The Morgan fingerprint density at radius 3 is 2.24 bits per heavy atom. The maximum atomic E-state index is 12.0. The van der Waals surface area contributed by atoms with Gasteiger partial charge < -0.3 is 20.4 Å². The first-order chi connectivity index (χ1) is 13.8. The predicted molar refractivity (Wildman–Crippen MR) is 122 cm³/mol. The number of hydrogen-bond acceptors (Lipinski definition) is 3. The Hall–Kier alpha value is -3.02. The highest BCUT2D eigenvalue weighted by Crippen LogP contribution is 2.17. The molecule has 0 saturated carbocycles. The zero-order valence-electron chi connectivity index (χ0n) is 18.4. The molecule has 2 aromatic carbocycles. The molecule has 156 valence electrons. The Morgan fingerprint density at radius 2 is 1.69 bits per heavy atom. The predicted octanol–water partition coefficient (Wildman–Crippen LogP) is 3.02. The fraction of sp³-hybridized carbons (Fsp3) is 0.391. The van der Waals surface area contributed by atoms with E-state index in [-0.39, 0.29) is 5.91 Å². The molecule has 0 radical (unpaired) electrons. The van der Waals surface area contributed by atoms with Crippen molar-refractivity contribution in [2.24, 2.45) is 4.99 Å². The van der Waals surface area contributed by atoms with Gasteiger partial charge in [0.2, 0.25) is 0 Å². The van der Waals surface area contributed by atoms with Gasteiger partial charge in [-0.2, -0.15) is 0 Å². The van der Waals surface area contributed by atoms with E-state index in [0.29, 0.717) is 18.7 Å². The van der Waals surface area contributed by atoms with Gasteiger partial charge in [-0.1, -0.05) is 18.2 Å². The van der Waals surface area contributed by atoms with Crippen LogP contribution in [0.1, 0.15) is 34.0 Å². The quantitative estimate of drug-likeness (QED) is 0.559. The summed E-state index contributed by atoms with van der Waals surface area (Å²) in [4.78, 5) is 20.3. The molecule has 2 aromatic rings. The Morgan fingerprint density at radius 1 is 1.00 bits per heavy atom. The van der Waals surface area contributed by atoms with Crippen LogP contribution in [0.2, 0.25) is 0 Å². The number of carbonyl (C=O) groups is 1. The molecule has 0 aliphatic rings. The van der Waals surface area contributed by atoms with Crippen LogP contribution in [0.25, 0.3) is 0 Å². The van der Waals surface area contributed by atoms with E-state index in [1.807, 2.05) is 38.4 Å². The molecule has 0 aliphatic heterocycles. The van der Waals surface area contributed by atoms with Gasteiger partial charge in [0, 0.05) is 52.5 Å². The van der Waals surface area contributed by atoms with Crippen LogP contribution in [-0.2, 0) is 13.1 Å². The molecular weight excluding hydrogens is 362 g/mol. The van der Waals surface area contributed by atoms with E-state index >= 15 is 0 Å². The third-order valence-corrected chi connectivity index (χ3v) is 4.66. The summed E-state index contributed by atoms with van der Waals surface area (Å²) in [6.45, 7) is 6.23. The second-order valence-electron chi connectivity index (χ2n) is 7.45. The average Bonchev–Trinajstić information content (AvgIpc) is 2.70. The molecular formula is C23H33N5O. The van der Waals surface area contributed by atoms with Gasteiger partial charge in [-0.05, 0) is 54.8 Å². The van der Waals surface area contributed by atoms with E-state index in [1.165, 1.54) is 16.8 Å². The minimum Gasteiger partial charge on any atom is -0.378 e. The first kappa shape index (κ1) is 22.3. The molecule has 1 amide bonds. The number of benzene rings is 2. The molecule has 6 nitrogen and oxygen atoms in total. The van der Waals surface area contributed by atoms with Crippen molar-refractivity contribution in [3.05, 3.63) is 64.7 Å². The molecule has 0 fully saturated rings. The summed E-state index contributed by atoms with van der Waals surface area (Å²) in [5, 5.41) is 6.69. The van der Waals surface area contributed by atoms with Crippen molar-refractivity contribution < 1.29 is 4.79 Å². The van der Waals surface area contributed by atoms with E-state index in [9.17, 15) is 4.79 Å². The minimum absolute atomic E-state index is 0.00529. The lowest BCUT2D eigenvalue weighted by molar-refractivity contribution is 0.0827. The summed E-state index contributed by atoms with van der Waals surface area (Å²) < 4.78 is 0. The number of guanidine groups is 1. The van der Waals surface area contributed by atoms with Gasteiger partial charge in [0.05, 0.1) is 6.54 Å². The molecule has 2 N–H and O–H groups in total. The number of anilines is 1. The van der Waals surface area contributed by atoms with E-state index in [0.717, 1.165) is 18.1 Å². The van der Waals surface area contributed by atoms with E-state index in [1.54, 1.807) is 19.0 Å². The number of carbonyl (C=O) groups excluding carboxylic acids is 1. The zero-order chi connectivity index (χ0) is 21.4. The van der Waals surface area contributed by atoms with Gasteiger partial charge >= 0.3 is 0 Å². The van der Waals surface area contributed by atoms with Crippen molar-refractivity contribution >= 4 is 17.6 Å². The van der Waals surface area contributed by atoms with Crippen LogP contribution in [0.4, 0.5) is 5.69 Å². The number of amides is 1. The molecule has 0 bridgehead atoms. The molecule has 6 heteroatoms. The Labute approximate surface area is 174 Å². The SMILES string of the molecule is CCNC(=NCc1ccc(C(=O)N(C)C)cc1)NCc1ccc(N(C)C)cc1C. The maximum Gasteiger partial charge on any atom is 0.253 e. The number of nitrogens with one attached hydrogen (secondary N) is 2. The molecule has 29 heavy (non-hydrogen) atoms. The maximum absolute atomic E-state index is 12.0. The summed E-state index contributed by atoms with van der Waals surface area (Å²) in [6, 6.07) is 14.1. The number of nitrogens with zero attached hydrogens (tertiary/aromatic N) is 3. The lowest BCUT2D eigenvalue weighted by Gasteiger charge is -2.16. The molecule has 0 atom stereocenters. The molecule has 0 spiro atoms. The van der Waals surface area contributed by atoms with E-state index in [2.05, 4.69) is 52.6 Å². The first-order valence-electron chi connectivity index (χ1n) is 9.91. The lowest BCUT2D eigenvalue weighted by Crippen LogP contribution is -2.37. The van der Waals surface area contributed by atoms with Crippen LogP contribution in [0, 0.1) is 6.92 Å². The summed E-state index contributed by atoms with van der Waals surface area (Å²) in [5.74, 6) is 0.780. The Kier molecular flexibility index (Phi) is 8.07. The van der Waals surface area contributed by atoms with Crippen LogP contribution in [0.3, 0.4) is 0 Å². The normalized spacial score (nSPS) is 11.2. The molecule has 0 saturated heterocycles. The number of aliphatic imine (C=N–C) groups is 1. The van der Waals surface area contributed by atoms with Gasteiger partial charge in [0.15, 0.2) is 5.96 Å². The lowest BCUT2D eigenvalue weighted by atomic mass is 10.1. The second kappa shape index (κ2) is 10.5. The molecule has 0 aliphatic carbocycles. The fourth-order valence-corrected chi connectivity index (χ4v) is 2.86. The van der Waals surface area contributed by atoms with Crippen molar-refractivity contribution in [2.75, 3.05) is 39.6 Å². The van der Waals surface area contributed by atoms with Crippen LogP contribution < -0.4 is 15.5 Å². The second-order valence-corrected chi connectivity index (χ2v) is 7.45. The third-order valence-electron chi connectivity index (χ3n) is 4.66. The van der Waals surface area contributed by atoms with E-state index in [4.69, 9.17) is 0 Å². The smallest absolute Gasteiger partial charge is 0.253 e. The van der Waals surface area contributed by atoms with Gasteiger partial charge in [0.1, 0.15) is 0 Å². The monoisotopic (exact) mass is 395 g/mol. The molecule has 0 aromatic heterocycles. The van der Waals surface area contributed by atoms with Gasteiger partial charge in [-0.3, -0.25) is 4.79 Å². The highest BCUT2D eigenvalue weighted by atomic mass is 16.2. The highest BCUT2D eigenvalue weighted by Gasteiger charge is 2.07. The van der Waals surface area contributed by atoms with Gasteiger partial charge in [0.25, 0.3) is 5.91 Å². The summed E-state index contributed by atoms with van der Waals surface area (Å²) >= 11 is 0. The fourth-order valence-electron chi connectivity index (χ4n) is 2.86. The van der Waals surface area contributed by atoms with Crippen molar-refractivity contribution in [1.29, 1.82) is 0 Å². The van der Waals surface area contributed by atoms with Crippen LogP contribution >= 0.6 is 0 Å². The molecule has 0 unspecified atom stereocenters. The average molecular weight is 396 g/mol. The van der Waals surface area contributed by atoms with Crippen molar-refractivity contribution in [1.82, 2.24) is 15.5 Å². The van der Waals surface area contributed by atoms with E-state index < -0.39 is 0 Å². The highest BCUT2D eigenvalue weighted by molar-refractivity contribution is 5.93. The summed E-state index contributed by atoms with van der Waals surface area (Å²) in [5.41, 5.74) is 5.44. The van der Waals surface area contributed by atoms with Gasteiger partial charge in [-0.25, -0.2) is 4.99 Å². The van der Waals surface area contributed by atoms with Crippen LogP contribution in [-0.4, -0.2) is 51.5 Å². The van der Waals surface area contributed by atoms with Crippen molar-refractivity contribution in [2.45, 2.75) is 26.9 Å². The molecule has 2 rings (SSSR count). The van der Waals surface area contributed by atoms with Crippen LogP contribution in [0.5, 0.6) is 0 Å². The van der Waals surface area contributed by atoms with Crippen molar-refractivity contribution in [3.63, 3.8) is 0 Å². The number of hydrogen-bond donors (Lipinski definition) is 2. The van der Waals surface area contributed by atoms with Crippen molar-refractivity contribution in [3.8, 4) is 0 Å². The largest absolute Gasteiger partial charge is 0.378 e. The minimum atomic E-state index is 0.00529. The van der Waals surface area contributed by atoms with Crippen LogP contribution in [0.15, 0.2) is 47.5 Å². The number of rotatable bonds is 7. The number of aryl methyl sites for hydroxylation is 1. The van der Waals surface area contributed by atoms with Gasteiger partial charge in [-0.15, -0.1) is 0 Å². The first-order valence-corrected chi connectivity index (χ1v) is 9.91. The topological polar surface area (TPSA) is 60.0 Å². The zero-order valence-corrected chi connectivity index (χ0v) is 18.4.